The molecule has 0 saturated heterocycles. The van der Waals surface area contributed by atoms with Gasteiger partial charge in [-0.1, -0.05) is 6.42 Å². The van der Waals surface area contributed by atoms with Gasteiger partial charge in [-0.3, -0.25) is 4.99 Å². The Labute approximate surface area is 74.4 Å². The average Bonchev–Trinajstić information content (AvgIpc) is 1.82. The zero-order valence-electron chi connectivity index (χ0n) is 8.01. The van der Waals surface area contributed by atoms with Crippen LogP contribution in [0.3, 0.4) is 0 Å². The van der Waals surface area contributed by atoms with Crippen molar-refractivity contribution >= 4 is 5.96 Å². The molecule has 3 N–H and O–H groups in total. The first-order chi connectivity index (χ1) is 5.74. The number of hydrogen-bond donors (Lipinski definition) is 2. The molecule has 0 radical (unpaired) electrons. The summed E-state index contributed by atoms with van der Waals surface area (Å²) >= 11 is 0. The van der Waals surface area contributed by atoms with Crippen LogP contribution in [0.1, 0.15) is 33.1 Å². The Bertz CT molecular complexity index is 161. The zero-order valence-corrected chi connectivity index (χ0v) is 8.01. The molecule has 0 aromatic carbocycles. The van der Waals surface area contributed by atoms with Crippen LogP contribution >= 0.6 is 0 Å². The van der Waals surface area contributed by atoms with Crippen molar-refractivity contribution in [3.8, 4) is 0 Å². The quantitative estimate of drug-likeness (QED) is 0.491. The number of guanidine groups is 1. The molecular weight excluding hydrogens is 150 g/mol. The third-order valence-corrected chi connectivity index (χ3v) is 2.56. The fraction of sp³-hybridized carbons (Fsp3) is 0.889. The summed E-state index contributed by atoms with van der Waals surface area (Å²) in [7, 11) is 0. The van der Waals surface area contributed by atoms with Gasteiger partial charge in [-0.2, -0.15) is 0 Å². The molecule has 0 bridgehead atoms. The van der Waals surface area contributed by atoms with Crippen molar-refractivity contribution < 1.29 is 0 Å². The number of nitrogens with zero attached hydrogens (tertiary/aromatic N) is 1. The maximum Gasteiger partial charge on any atom is 0.188 e. The molecule has 3 heteroatoms. The summed E-state index contributed by atoms with van der Waals surface area (Å²) < 4.78 is 0. The molecule has 1 saturated carbocycles. The predicted molar refractivity (Wildman–Crippen MR) is 52.1 cm³/mol. The fourth-order valence-corrected chi connectivity index (χ4v) is 1.51. The van der Waals surface area contributed by atoms with E-state index in [2.05, 4.69) is 17.2 Å². The van der Waals surface area contributed by atoms with Crippen molar-refractivity contribution in [2.24, 2.45) is 16.6 Å². The largest absolute Gasteiger partial charge is 0.370 e. The second kappa shape index (κ2) is 4.33. The lowest BCUT2D eigenvalue weighted by Gasteiger charge is -2.32. The van der Waals surface area contributed by atoms with E-state index in [0.717, 1.165) is 12.5 Å². The van der Waals surface area contributed by atoms with Gasteiger partial charge in [0, 0.05) is 12.6 Å². The molecule has 1 unspecified atom stereocenters. The minimum Gasteiger partial charge on any atom is -0.370 e. The number of aliphatic imine (C=N–C) groups is 1. The average molecular weight is 169 g/mol. The van der Waals surface area contributed by atoms with Gasteiger partial charge in [-0.05, 0) is 32.6 Å². The lowest BCUT2D eigenvalue weighted by atomic mass is 9.80. The van der Waals surface area contributed by atoms with E-state index in [1.165, 1.54) is 19.3 Å². The van der Waals surface area contributed by atoms with Gasteiger partial charge < -0.3 is 11.1 Å². The normalized spacial score (nSPS) is 21.7. The van der Waals surface area contributed by atoms with Crippen molar-refractivity contribution in [2.75, 3.05) is 6.54 Å². The van der Waals surface area contributed by atoms with Crippen molar-refractivity contribution in [3.63, 3.8) is 0 Å². The van der Waals surface area contributed by atoms with Crippen molar-refractivity contribution in [3.05, 3.63) is 0 Å². The molecule has 1 fully saturated rings. The van der Waals surface area contributed by atoms with Crippen LogP contribution < -0.4 is 11.1 Å². The molecule has 70 valence electrons. The first kappa shape index (κ1) is 9.36. The Balaban J connectivity index is 2.24. The minimum atomic E-state index is 0.494. The van der Waals surface area contributed by atoms with Crippen molar-refractivity contribution in [1.29, 1.82) is 0 Å². The first-order valence-electron chi connectivity index (χ1n) is 4.80. The van der Waals surface area contributed by atoms with Crippen LogP contribution in [0.25, 0.3) is 0 Å². The second-order valence-corrected chi connectivity index (χ2v) is 3.48. The lowest BCUT2D eigenvalue weighted by Crippen LogP contribution is -2.44. The summed E-state index contributed by atoms with van der Waals surface area (Å²) in [4.78, 5) is 4.09. The van der Waals surface area contributed by atoms with Gasteiger partial charge in [-0.25, -0.2) is 0 Å². The third-order valence-electron chi connectivity index (χ3n) is 2.56. The Kier molecular flexibility index (Phi) is 3.38. The van der Waals surface area contributed by atoms with Gasteiger partial charge in [0.05, 0.1) is 0 Å². The highest BCUT2D eigenvalue weighted by Gasteiger charge is 2.23. The van der Waals surface area contributed by atoms with Crippen molar-refractivity contribution in [2.45, 2.75) is 39.2 Å². The third kappa shape index (κ3) is 2.40. The standard InChI is InChI=1S/C9H19N3/c1-3-11-9(10)12-7(2)8-5-4-6-8/h7-8H,3-6H2,1-2H3,(H3,10,11,12). The lowest BCUT2D eigenvalue weighted by molar-refractivity contribution is 0.258. The van der Waals surface area contributed by atoms with E-state index in [4.69, 9.17) is 5.73 Å². The Morgan fingerprint density at radius 3 is 2.75 bits per heavy atom. The van der Waals surface area contributed by atoms with E-state index in [1.54, 1.807) is 0 Å². The monoisotopic (exact) mass is 169 g/mol. The summed E-state index contributed by atoms with van der Waals surface area (Å²) in [5, 5.41) is 3.21. The summed E-state index contributed by atoms with van der Waals surface area (Å²) in [6.07, 6.45) is 4.06. The van der Waals surface area contributed by atoms with Gasteiger partial charge in [-0.15, -0.1) is 0 Å². The number of hydrogen-bond acceptors (Lipinski definition) is 1. The molecule has 1 atom stereocenters. The van der Waals surface area contributed by atoms with Crippen LogP contribution in [0.5, 0.6) is 0 Å². The molecule has 0 aliphatic heterocycles. The maximum atomic E-state index is 5.64. The van der Waals surface area contributed by atoms with Gasteiger partial charge in [0.25, 0.3) is 0 Å². The smallest absolute Gasteiger partial charge is 0.188 e. The molecule has 1 aliphatic rings. The van der Waals surface area contributed by atoms with Gasteiger partial charge >= 0.3 is 0 Å². The maximum absolute atomic E-state index is 5.64. The highest BCUT2D eigenvalue weighted by Crippen LogP contribution is 2.29. The van der Waals surface area contributed by atoms with Crippen LogP contribution in [-0.2, 0) is 0 Å². The molecule has 3 nitrogen and oxygen atoms in total. The Morgan fingerprint density at radius 2 is 2.33 bits per heavy atom. The minimum absolute atomic E-state index is 0.494. The fourth-order valence-electron chi connectivity index (χ4n) is 1.51. The number of nitrogens with two attached hydrogens (primary N) is 1. The van der Waals surface area contributed by atoms with Crippen LogP contribution in [0.2, 0.25) is 0 Å². The molecule has 0 heterocycles. The summed E-state index contributed by atoms with van der Waals surface area (Å²) in [5.41, 5.74) is 5.64. The second-order valence-electron chi connectivity index (χ2n) is 3.48. The summed E-state index contributed by atoms with van der Waals surface area (Å²) in [5.74, 6) is 1.41. The molecule has 0 aromatic heterocycles. The summed E-state index contributed by atoms with van der Waals surface area (Å²) in [6, 6.07) is 0.494. The van der Waals surface area contributed by atoms with E-state index in [1.807, 2.05) is 6.92 Å². The highest BCUT2D eigenvalue weighted by atomic mass is 15.1. The van der Waals surface area contributed by atoms with E-state index < -0.39 is 0 Å². The van der Waals surface area contributed by atoms with Crippen LogP contribution in [0.4, 0.5) is 0 Å². The number of rotatable bonds is 3. The van der Waals surface area contributed by atoms with Gasteiger partial charge in [0.2, 0.25) is 0 Å². The van der Waals surface area contributed by atoms with E-state index in [-0.39, 0.29) is 0 Å². The Hall–Kier alpha value is -0.730. The predicted octanol–water partition coefficient (Wildman–Crippen LogP) is 1.10. The molecular formula is C9H19N3. The zero-order chi connectivity index (χ0) is 8.97. The van der Waals surface area contributed by atoms with Crippen LogP contribution in [0, 0.1) is 5.92 Å². The first-order valence-corrected chi connectivity index (χ1v) is 4.80. The van der Waals surface area contributed by atoms with Gasteiger partial charge in [0.15, 0.2) is 5.96 Å². The van der Waals surface area contributed by atoms with Crippen LogP contribution in [-0.4, -0.2) is 18.5 Å². The van der Waals surface area contributed by atoms with E-state index in [0.29, 0.717) is 12.0 Å². The molecule has 1 rings (SSSR count). The molecule has 12 heavy (non-hydrogen) atoms. The highest BCUT2D eigenvalue weighted by molar-refractivity contribution is 5.78. The van der Waals surface area contributed by atoms with E-state index in [9.17, 15) is 0 Å². The SMILES string of the molecule is CCN=C(N)NC(C)C1CCC1. The van der Waals surface area contributed by atoms with Crippen molar-refractivity contribution in [1.82, 2.24) is 5.32 Å². The molecule has 0 spiro atoms. The Morgan fingerprint density at radius 1 is 1.67 bits per heavy atom. The van der Waals surface area contributed by atoms with E-state index >= 15 is 0 Å². The topological polar surface area (TPSA) is 50.4 Å². The molecule has 0 aromatic rings. The van der Waals surface area contributed by atoms with Crippen LogP contribution in [0.15, 0.2) is 4.99 Å². The summed E-state index contributed by atoms with van der Waals surface area (Å²) in [6.45, 7) is 4.93. The number of nitrogens with one attached hydrogen (secondary N) is 1. The molecule has 1 aliphatic carbocycles. The molecule has 0 amide bonds. The van der Waals surface area contributed by atoms with Gasteiger partial charge in [0.1, 0.15) is 0 Å².